The smallest absolute Gasteiger partial charge is 0.274 e. The van der Waals surface area contributed by atoms with E-state index in [1.54, 1.807) is 29.2 Å². The zero-order chi connectivity index (χ0) is 18.3. The molecular formula is C14H10ClN7O3S. The number of nitrogens with zero attached hydrogens (tertiary/aromatic N) is 7. The maximum atomic E-state index is 12.3. The number of para-hydroxylation sites is 1. The van der Waals surface area contributed by atoms with Crippen LogP contribution in [-0.2, 0) is 11.3 Å². The van der Waals surface area contributed by atoms with Gasteiger partial charge in [-0.15, -0.1) is 21.8 Å². The average Bonchev–Trinajstić information content (AvgIpc) is 3.31. The van der Waals surface area contributed by atoms with Gasteiger partial charge in [-0.1, -0.05) is 23.5 Å². The van der Waals surface area contributed by atoms with Crippen LogP contribution in [0.3, 0.4) is 0 Å². The summed E-state index contributed by atoms with van der Waals surface area (Å²) in [5, 5.41) is 23.4. The van der Waals surface area contributed by atoms with E-state index in [1.807, 2.05) is 0 Å². The van der Waals surface area contributed by atoms with Gasteiger partial charge in [0.05, 0.1) is 23.1 Å². The molecule has 3 heterocycles. The molecule has 0 aliphatic carbocycles. The summed E-state index contributed by atoms with van der Waals surface area (Å²) in [6, 6.07) is 5.54. The monoisotopic (exact) mass is 391 g/mol. The van der Waals surface area contributed by atoms with E-state index >= 15 is 0 Å². The SMILES string of the molecule is O=C1C(Cl)C(c2ccccc2[N+](=O)[O-])N1c1nnc(Cn2cncn2)s1. The molecule has 1 saturated heterocycles. The number of amides is 1. The third-order valence-corrected chi connectivity index (χ3v) is 5.24. The second-order valence-corrected chi connectivity index (χ2v) is 6.95. The number of benzene rings is 1. The predicted molar refractivity (Wildman–Crippen MR) is 92.0 cm³/mol. The molecule has 0 spiro atoms. The maximum Gasteiger partial charge on any atom is 0.274 e. The van der Waals surface area contributed by atoms with E-state index in [-0.39, 0.29) is 11.6 Å². The number of alkyl halides is 1. The zero-order valence-corrected chi connectivity index (χ0v) is 14.5. The molecule has 26 heavy (non-hydrogen) atoms. The molecule has 4 rings (SSSR count). The third kappa shape index (κ3) is 2.70. The summed E-state index contributed by atoms with van der Waals surface area (Å²) < 4.78 is 1.58. The van der Waals surface area contributed by atoms with Crippen molar-refractivity contribution in [1.29, 1.82) is 0 Å². The number of hydrogen-bond donors (Lipinski definition) is 0. The Morgan fingerprint density at radius 1 is 1.31 bits per heavy atom. The summed E-state index contributed by atoms with van der Waals surface area (Å²) in [4.78, 5) is 28.3. The van der Waals surface area contributed by atoms with Crippen molar-refractivity contribution in [3.8, 4) is 0 Å². The number of aromatic nitrogens is 5. The molecule has 12 heteroatoms. The number of rotatable bonds is 5. The highest BCUT2D eigenvalue weighted by molar-refractivity contribution is 7.15. The van der Waals surface area contributed by atoms with Crippen LogP contribution >= 0.6 is 22.9 Å². The minimum Gasteiger partial charge on any atom is -0.275 e. The quantitative estimate of drug-likeness (QED) is 0.281. The van der Waals surface area contributed by atoms with Crippen molar-refractivity contribution in [2.45, 2.75) is 18.0 Å². The van der Waals surface area contributed by atoms with Gasteiger partial charge in [0.15, 0.2) is 0 Å². The van der Waals surface area contributed by atoms with Crippen molar-refractivity contribution in [2.75, 3.05) is 4.90 Å². The molecule has 10 nitrogen and oxygen atoms in total. The van der Waals surface area contributed by atoms with Crippen LogP contribution in [0.2, 0.25) is 0 Å². The first-order chi connectivity index (χ1) is 12.6. The van der Waals surface area contributed by atoms with Gasteiger partial charge in [-0.3, -0.25) is 19.8 Å². The predicted octanol–water partition coefficient (Wildman–Crippen LogP) is 1.78. The summed E-state index contributed by atoms with van der Waals surface area (Å²) in [6.45, 7) is 0.361. The standard InChI is InChI=1S/C14H10ClN7O3S/c15-11-12(8-3-1-2-4-9(8)22(24)25)21(13(11)23)14-19-18-10(26-14)5-20-7-16-6-17-20/h1-4,6-7,11-12H,5H2. The molecule has 0 saturated carbocycles. The van der Waals surface area contributed by atoms with Gasteiger partial charge in [0.25, 0.3) is 5.69 Å². The van der Waals surface area contributed by atoms with E-state index in [0.717, 1.165) is 0 Å². The van der Waals surface area contributed by atoms with Gasteiger partial charge in [0, 0.05) is 6.07 Å². The lowest BCUT2D eigenvalue weighted by molar-refractivity contribution is -0.385. The summed E-state index contributed by atoms with van der Waals surface area (Å²) in [7, 11) is 0. The summed E-state index contributed by atoms with van der Waals surface area (Å²) >= 11 is 7.36. The number of nitro benzene ring substituents is 1. The van der Waals surface area contributed by atoms with E-state index in [1.165, 1.54) is 28.6 Å². The van der Waals surface area contributed by atoms with Crippen molar-refractivity contribution in [1.82, 2.24) is 25.0 Å². The first-order valence-corrected chi connectivity index (χ1v) is 8.67. The number of hydrogen-bond acceptors (Lipinski definition) is 8. The number of halogens is 1. The number of β-lactam (4-membered cyclic amide) rings is 1. The summed E-state index contributed by atoms with van der Waals surface area (Å²) in [5.41, 5.74) is 0.276. The van der Waals surface area contributed by atoms with Crippen LogP contribution in [0.1, 0.15) is 16.6 Å². The Hall–Kier alpha value is -2.92. The van der Waals surface area contributed by atoms with Crippen LogP contribution in [-0.4, -0.2) is 41.2 Å². The number of anilines is 1. The zero-order valence-electron chi connectivity index (χ0n) is 13.0. The third-order valence-electron chi connectivity index (χ3n) is 3.91. The van der Waals surface area contributed by atoms with E-state index in [0.29, 0.717) is 22.2 Å². The van der Waals surface area contributed by atoms with Crippen molar-refractivity contribution in [2.24, 2.45) is 0 Å². The molecule has 1 aliphatic heterocycles. The average molecular weight is 392 g/mol. The normalized spacial score (nSPS) is 19.4. The van der Waals surface area contributed by atoms with E-state index in [4.69, 9.17) is 11.6 Å². The fraction of sp³-hybridized carbons (Fsp3) is 0.214. The highest BCUT2D eigenvalue weighted by atomic mass is 35.5. The van der Waals surface area contributed by atoms with Crippen molar-refractivity contribution >= 4 is 39.7 Å². The summed E-state index contributed by atoms with van der Waals surface area (Å²) in [6.07, 6.45) is 2.95. The van der Waals surface area contributed by atoms with Crippen LogP contribution < -0.4 is 4.90 Å². The van der Waals surface area contributed by atoms with Gasteiger partial charge in [-0.05, 0) is 6.07 Å². The van der Waals surface area contributed by atoms with Gasteiger partial charge in [0.2, 0.25) is 11.0 Å². The Morgan fingerprint density at radius 3 is 2.85 bits per heavy atom. The van der Waals surface area contributed by atoms with Crippen LogP contribution in [0.4, 0.5) is 10.8 Å². The fourth-order valence-corrected chi connectivity index (χ4v) is 3.95. The lowest BCUT2D eigenvalue weighted by Gasteiger charge is -2.42. The lowest BCUT2D eigenvalue weighted by atomic mass is 9.92. The molecule has 0 radical (unpaired) electrons. The first kappa shape index (κ1) is 16.5. The van der Waals surface area contributed by atoms with Gasteiger partial charge in [-0.2, -0.15) is 5.10 Å². The Morgan fingerprint density at radius 2 is 2.12 bits per heavy atom. The maximum absolute atomic E-state index is 12.3. The van der Waals surface area contributed by atoms with Crippen LogP contribution in [0.5, 0.6) is 0 Å². The Bertz CT molecular complexity index is 977. The number of carbonyl (C=O) groups excluding carboxylic acids is 1. The van der Waals surface area contributed by atoms with E-state index in [2.05, 4.69) is 20.3 Å². The largest absolute Gasteiger partial charge is 0.275 e. The van der Waals surface area contributed by atoms with Gasteiger partial charge >= 0.3 is 0 Å². The minimum absolute atomic E-state index is 0.0898. The molecule has 2 unspecified atom stereocenters. The molecule has 1 fully saturated rings. The van der Waals surface area contributed by atoms with E-state index in [9.17, 15) is 14.9 Å². The molecule has 1 aromatic carbocycles. The molecule has 0 N–H and O–H groups in total. The first-order valence-electron chi connectivity index (χ1n) is 7.41. The van der Waals surface area contributed by atoms with Gasteiger partial charge in [-0.25, -0.2) is 9.67 Å². The molecule has 3 aromatic rings. The molecule has 2 aromatic heterocycles. The highest BCUT2D eigenvalue weighted by Crippen LogP contribution is 2.45. The second-order valence-electron chi connectivity index (χ2n) is 5.44. The van der Waals surface area contributed by atoms with E-state index < -0.39 is 16.3 Å². The second kappa shape index (κ2) is 6.42. The number of carbonyl (C=O) groups is 1. The lowest BCUT2D eigenvalue weighted by Crippen LogP contribution is -2.56. The molecule has 2 atom stereocenters. The van der Waals surface area contributed by atoms with Crippen LogP contribution in [0.15, 0.2) is 36.9 Å². The topological polar surface area (TPSA) is 120 Å². The Labute approximate surface area is 155 Å². The van der Waals surface area contributed by atoms with Gasteiger partial charge in [0.1, 0.15) is 23.0 Å². The summed E-state index contributed by atoms with van der Waals surface area (Å²) in [5.74, 6) is -0.363. The molecule has 1 aliphatic rings. The van der Waals surface area contributed by atoms with Crippen LogP contribution in [0, 0.1) is 10.1 Å². The minimum atomic E-state index is -0.890. The Kier molecular flexibility index (Phi) is 4.09. The fourth-order valence-electron chi connectivity index (χ4n) is 2.73. The highest BCUT2D eigenvalue weighted by Gasteiger charge is 2.51. The van der Waals surface area contributed by atoms with Crippen molar-refractivity contribution in [3.63, 3.8) is 0 Å². The van der Waals surface area contributed by atoms with Crippen molar-refractivity contribution in [3.05, 3.63) is 57.6 Å². The number of nitro groups is 1. The molecule has 132 valence electrons. The molecule has 0 bridgehead atoms. The van der Waals surface area contributed by atoms with Crippen molar-refractivity contribution < 1.29 is 9.72 Å². The molecule has 1 amide bonds. The van der Waals surface area contributed by atoms with Crippen LogP contribution in [0.25, 0.3) is 0 Å². The van der Waals surface area contributed by atoms with Gasteiger partial charge < -0.3 is 0 Å². The Balaban J connectivity index is 1.65. The molecular weight excluding hydrogens is 382 g/mol.